The van der Waals surface area contributed by atoms with Crippen LogP contribution in [0, 0.1) is 0 Å². The van der Waals surface area contributed by atoms with Crippen molar-refractivity contribution in [1.29, 1.82) is 0 Å². The van der Waals surface area contributed by atoms with E-state index in [1.54, 1.807) is 25.3 Å². The maximum atomic E-state index is 11.9. The van der Waals surface area contributed by atoms with Crippen LogP contribution in [0.15, 0.2) is 22.7 Å². The maximum Gasteiger partial charge on any atom is 0.251 e. The van der Waals surface area contributed by atoms with Gasteiger partial charge >= 0.3 is 0 Å². The lowest BCUT2D eigenvalue weighted by atomic mass is 10.2. The largest absolute Gasteiger partial charge is 0.496 e. The van der Waals surface area contributed by atoms with Crippen LogP contribution in [0.25, 0.3) is 0 Å². The molecule has 0 saturated carbocycles. The Morgan fingerprint density at radius 2 is 2.00 bits per heavy atom. The smallest absolute Gasteiger partial charge is 0.251 e. The SMILES string of the molecule is COc1cc(C(=O)NCC(OC)OC)ccc1Br. The van der Waals surface area contributed by atoms with Gasteiger partial charge in [-0.25, -0.2) is 0 Å². The third-order valence-electron chi connectivity index (χ3n) is 2.37. The summed E-state index contributed by atoms with van der Waals surface area (Å²) in [5, 5.41) is 2.71. The molecule has 0 fully saturated rings. The number of carbonyl (C=O) groups is 1. The molecule has 1 rings (SSSR count). The second-order valence-electron chi connectivity index (χ2n) is 3.46. The fraction of sp³-hybridized carbons (Fsp3) is 0.417. The number of nitrogens with one attached hydrogen (secondary N) is 1. The summed E-state index contributed by atoms with van der Waals surface area (Å²) in [5.41, 5.74) is 0.515. The molecule has 0 heterocycles. The number of ether oxygens (including phenoxy) is 3. The van der Waals surface area contributed by atoms with Gasteiger partial charge in [0.1, 0.15) is 5.75 Å². The maximum absolute atomic E-state index is 11.9. The lowest BCUT2D eigenvalue weighted by molar-refractivity contribution is -0.0974. The highest BCUT2D eigenvalue weighted by atomic mass is 79.9. The monoisotopic (exact) mass is 317 g/mol. The molecule has 1 N–H and O–H groups in total. The molecule has 18 heavy (non-hydrogen) atoms. The van der Waals surface area contributed by atoms with Crippen molar-refractivity contribution < 1.29 is 19.0 Å². The van der Waals surface area contributed by atoms with Gasteiger partial charge in [-0.15, -0.1) is 0 Å². The van der Waals surface area contributed by atoms with E-state index in [9.17, 15) is 4.79 Å². The molecule has 1 aromatic rings. The predicted molar refractivity (Wildman–Crippen MR) is 70.8 cm³/mol. The zero-order valence-electron chi connectivity index (χ0n) is 10.5. The minimum absolute atomic E-state index is 0.208. The summed E-state index contributed by atoms with van der Waals surface area (Å²) in [5.74, 6) is 0.401. The van der Waals surface area contributed by atoms with Gasteiger partial charge in [0.25, 0.3) is 5.91 Å². The molecule has 1 amide bonds. The molecular weight excluding hydrogens is 302 g/mol. The normalized spacial score (nSPS) is 10.5. The van der Waals surface area contributed by atoms with Crippen molar-refractivity contribution in [2.75, 3.05) is 27.9 Å². The topological polar surface area (TPSA) is 56.8 Å². The van der Waals surface area contributed by atoms with E-state index in [0.29, 0.717) is 11.3 Å². The van der Waals surface area contributed by atoms with Gasteiger partial charge in [0.05, 0.1) is 18.1 Å². The molecule has 0 unspecified atom stereocenters. The Balaban J connectivity index is 2.67. The zero-order valence-corrected chi connectivity index (χ0v) is 12.1. The number of rotatable bonds is 6. The van der Waals surface area contributed by atoms with E-state index in [0.717, 1.165) is 4.47 Å². The van der Waals surface area contributed by atoms with Crippen molar-refractivity contribution in [2.24, 2.45) is 0 Å². The van der Waals surface area contributed by atoms with Gasteiger partial charge in [0.2, 0.25) is 0 Å². The molecule has 0 aromatic heterocycles. The number of benzene rings is 1. The van der Waals surface area contributed by atoms with Gasteiger partial charge in [-0.1, -0.05) is 0 Å². The Kier molecular flexibility index (Phi) is 6.11. The summed E-state index contributed by atoms with van der Waals surface area (Å²) in [6, 6.07) is 5.13. The number of amides is 1. The van der Waals surface area contributed by atoms with Crippen molar-refractivity contribution in [3.63, 3.8) is 0 Å². The summed E-state index contributed by atoms with van der Waals surface area (Å²) >= 11 is 3.33. The highest BCUT2D eigenvalue weighted by Crippen LogP contribution is 2.25. The van der Waals surface area contributed by atoms with Crippen LogP contribution < -0.4 is 10.1 Å². The van der Waals surface area contributed by atoms with E-state index in [-0.39, 0.29) is 12.5 Å². The van der Waals surface area contributed by atoms with Crippen LogP contribution in [-0.4, -0.2) is 40.1 Å². The van der Waals surface area contributed by atoms with Crippen LogP contribution >= 0.6 is 15.9 Å². The minimum Gasteiger partial charge on any atom is -0.496 e. The first-order valence-corrected chi connectivity index (χ1v) is 6.09. The Morgan fingerprint density at radius 3 is 2.56 bits per heavy atom. The van der Waals surface area contributed by atoms with Crippen LogP contribution in [0.5, 0.6) is 5.75 Å². The lowest BCUT2D eigenvalue weighted by Crippen LogP contribution is -2.34. The molecule has 0 aliphatic heterocycles. The third kappa shape index (κ3) is 3.97. The molecular formula is C12H16BrNO4. The Labute approximate surface area is 115 Å². The Hall–Kier alpha value is -1.11. The highest BCUT2D eigenvalue weighted by molar-refractivity contribution is 9.10. The fourth-order valence-corrected chi connectivity index (χ4v) is 1.75. The number of methoxy groups -OCH3 is 3. The van der Waals surface area contributed by atoms with Gasteiger partial charge in [-0.2, -0.15) is 0 Å². The minimum atomic E-state index is -0.453. The summed E-state index contributed by atoms with van der Waals surface area (Å²) in [4.78, 5) is 11.9. The zero-order chi connectivity index (χ0) is 13.5. The number of halogens is 1. The summed E-state index contributed by atoms with van der Waals surface area (Å²) in [7, 11) is 4.58. The van der Waals surface area contributed by atoms with Crippen molar-refractivity contribution >= 4 is 21.8 Å². The van der Waals surface area contributed by atoms with E-state index in [1.807, 2.05) is 0 Å². The van der Waals surface area contributed by atoms with E-state index in [2.05, 4.69) is 21.2 Å². The molecule has 0 spiro atoms. The van der Waals surface area contributed by atoms with Gasteiger partial charge in [-0.05, 0) is 34.1 Å². The molecule has 100 valence electrons. The van der Waals surface area contributed by atoms with Crippen molar-refractivity contribution in [1.82, 2.24) is 5.32 Å². The van der Waals surface area contributed by atoms with Crippen molar-refractivity contribution in [3.05, 3.63) is 28.2 Å². The molecule has 0 radical (unpaired) electrons. The molecule has 0 saturated heterocycles. The average molecular weight is 318 g/mol. The van der Waals surface area contributed by atoms with Crippen LogP contribution in [0.2, 0.25) is 0 Å². The molecule has 0 aliphatic rings. The second-order valence-corrected chi connectivity index (χ2v) is 4.31. The standard InChI is InChI=1S/C12H16BrNO4/c1-16-10-6-8(4-5-9(10)13)12(15)14-7-11(17-2)18-3/h4-6,11H,7H2,1-3H3,(H,14,15). The van der Waals surface area contributed by atoms with Gasteiger partial charge in [0, 0.05) is 19.8 Å². The first-order valence-electron chi connectivity index (χ1n) is 5.29. The van der Waals surface area contributed by atoms with Gasteiger partial charge in [-0.3, -0.25) is 4.79 Å². The Bertz CT molecular complexity index is 407. The first-order chi connectivity index (χ1) is 8.62. The number of hydrogen-bond donors (Lipinski definition) is 1. The van der Waals surface area contributed by atoms with Crippen LogP contribution in [-0.2, 0) is 9.47 Å². The summed E-state index contributed by atoms with van der Waals surface area (Å²) in [6.07, 6.45) is -0.453. The van der Waals surface area contributed by atoms with Gasteiger partial charge in [0.15, 0.2) is 6.29 Å². The summed E-state index contributed by atoms with van der Waals surface area (Å²) in [6.45, 7) is 0.282. The molecule has 0 atom stereocenters. The van der Waals surface area contributed by atoms with Crippen molar-refractivity contribution in [3.8, 4) is 5.75 Å². The molecule has 0 bridgehead atoms. The number of carbonyl (C=O) groups excluding carboxylic acids is 1. The van der Waals surface area contributed by atoms with E-state index < -0.39 is 6.29 Å². The number of hydrogen-bond acceptors (Lipinski definition) is 4. The second kappa shape index (κ2) is 7.35. The molecule has 0 aliphatic carbocycles. The van der Waals surface area contributed by atoms with E-state index in [1.165, 1.54) is 14.2 Å². The fourth-order valence-electron chi connectivity index (χ4n) is 1.34. The van der Waals surface area contributed by atoms with Crippen LogP contribution in [0.3, 0.4) is 0 Å². The van der Waals surface area contributed by atoms with Gasteiger partial charge < -0.3 is 19.5 Å². The molecule has 5 nitrogen and oxygen atoms in total. The third-order valence-corrected chi connectivity index (χ3v) is 3.02. The highest BCUT2D eigenvalue weighted by Gasteiger charge is 2.11. The molecule has 1 aromatic carbocycles. The molecule has 6 heteroatoms. The van der Waals surface area contributed by atoms with E-state index >= 15 is 0 Å². The van der Waals surface area contributed by atoms with Crippen LogP contribution in [0.1, 0.15) is 10.4 Å². The quantitative estimate of drug-likeness (QED) is 0.813. The average Bonchev–Trinajstić information content (AvgIpc) is 2.40. The predicted octanol–water partition coefficient (Wildman–Crippen LogP) is 1.81. The van der Waals surface area contributed by atoms with E-state index in [4.69, 9.17) is 14.2 Å². The lowest BCUT2D eigenvalue weighted by Gasteiger charge is -2.14. The first kappa shape index (κ1) is 14.9. The Morgan fingerprint density at radius 1 is 1.33 bits per heavy atom. The van der Waals surface area contributed by atoms with Crippen LogP contribution in [0.4, 0.5) is 0 Å². The summed E-state index contributed by atoms with van der Waals surface area (Å²) < 4.78 is 15.9. The van der Waals surface area contributed by atoms with Crippen molar-refractivity contribution in [2.45, 2.75) is 6.29 Å².